The van der Waals surface area contributed by atoms with Gasteiger partial charge in [-0.1, -0.05) is 32.0 Å². The molecule has 0 spiro atoms. The molecule has 9 nitrogen and oxygen atoms in total. The van der Waals surface area contributed by atoms with E-state index in [9.17, 15) is 24.3 Å². The lowest BCUT2D eigenvalue weighted by molar-refractivity contribution is -0.307. The fourth-order valence-corrected chi connectivity index (χ4v) is 4.74. The molecule has 1 saturated heterocycles. The molecule has 2 aromatic rings. The number of hydrogen-bond acceptors (Lipinski definition) is 6. The van der Waals surface area contributed by atoms with Crippen LogP contribution in [0.3, 0.4) is 0 Å². The van der Waals surface area contributed by atoms with Crippen molar-refractivity contribution in [2.24, 2.45) is 5.41 Å². The van der Waals surface area contributed by atoms with E-state index in [1.54, 1.807) is 33.1 Å². The maximum absolute atomic E-state index is 13.5. The van der Waals surface area contributed by atoms with Crippen molar-refractivity contribution >= 4 is 29.4 Å². The van der Waals surface area contributed by atoms with E-state index in [1.807, 2.05) is 30.3 Å². The number of benzene rings is 2. The third kappa shape index (κ3) is 5.29. The van der Waals surface area contributed by atoms with Gasteiger partial charge in [-0.05, 0) is 53.6 Å². The number of anilines is 1. The first kappa shape index (κ1) is 24.3. The SMILES string of the molecule is COc1ccc(-c2ccc3c(c2)C(=O)N2C[C@@H](NC(=O)CC(C)(C)CC(=O)[O-])C[C@H]2C(=O)N3)cc1. The predicted molar refractivity (Wildman–Crippen MR) is 126 cm³/mol. The number of carboxylic acids is 1. The minimum absolute atomic E-state index is 0.00363. The lowest BCUT2D eigenvalue weighted by Gasteiger charge is -2.25. The van der Waals surface area contributed by atoms with Gasteiger partial charge in [-0.3, -0.25) is 14.4 Å². The highest BCUT2D eigenvalue weighted by Gasteiger charge is 2.43. The number of nitrogens with zero attached hydrogens (tertiary/aromatic N) is 1. The lowest BCUT2D eigenvalue weighted by atomic mass is 9.85. The lowest BCUT2D eigenvalue weighted by Crippen LogP contribution is -2.41. The molecule has 0 radical (unpaired) electrons. The maximum Gasteiger partial charge on any atom is 0.256 e. The Morgan fingerprint density at radius 3 is 2.46 bits per heavy atom. The Balaban J connectivity index is 1.51. The van der Waals surface area contributed by atoms with Crippen molar-refractivity contribution in [2.75, 3.05) is 19.0 Å². The first-order valence-corrected chi connectivity index (χ1v) is 11.5. The van der Waals surface area contributed by atoms with E-state index in [2.05, 4.69) is 10.6 Å². The van der Waals surface area contributed by atoms with Crippen molar-refractivity contribution in [3.05, 3.63) is 48.0 Å². The van der Waals surface area contributed by atoms with Gasteiger partial charge in [-0.25, -0.2) is 0 Å². The van der Waals surface area contributed by atoms with E-state index in [1.165, 1.54) is 4.90 Å². The molecular weight excluding hydrogens is 450 g/mol. The van der Waals surface area contributed by atoms with E-state index in [-0.39, 0.29) is 43.5 Å². The molecule has 2 aliphatic rings. The molecule has 184 valence electrons. The van der Waals surface area contributed by atoms with Gasteiger partial charge in [-0.2, -0.15) is 0 Å². The molecule has 2 atom stereocenters. The third-order valence-corrected chi connectivity index (χ3v) is 6.42. The number of methoxy groups -OCH3 is 1. The van der Waals surface area contributed by atoms with Crippen molar-refractivity contribution < 1.29 is 29.0 Å². The van der Waals surface area contributed by atoms with Crippen molar-refractivity contribution in [3.63, 3.8) is 0 Å². The summed E-state index contributed by atoms with van der Waals surface area (Å²) in [6, 6.07) is 11.7. The molecule has 0 aliphatic carbocycles. The zero-order valence-electron chi connectivity index (χ0n) is 19.9. The first-order chi connectivity index (χ1) is 16.6. The zero-order chi connectivity index (χ0) is 25.3. The van der Waals surface area contributed by atoms with Gasteiger partial charge in [0.25, 0.3) is 5.91 Å². The molecule has 35 heavy (non-hydrogen) atoms. The number of carboxylic acid groups (broad SMARTS) is 1. The van der Waals surface area contributed by atoms with Gasteiger partial charge in [0.1, 0.15) is 11.8 Å². The van der Waals surface area contributed by atoms with Crippen molar-refractivity contribution in [1.82, 2.24) is 10.2 Å². The summed E-state index contributed by atoms with van der Waals surface area (Å²) in [6.07, 6.45) is 0.0357. The normalized spacial score (nSPS) is 19.3. The largest absolute Gasteiger partial charge is 0.550 e. The molecule has 1 fully saturated rings. The molecular formula is C26H28N3O6-. The minimum Gasteiger partial charge on any atom is -0.550 e. The Hall–Kier alpha value is -3.88. The van der Waals surface area contributed by atoms with Crippen LogP contribution in [0.5, 0.6) is 5.75 Å². The Morgan fingerprint density at radius 2 is 1.80 bits per heavy atom. The Kier molecular flexibility index (Phi) is 6.51. The number of ether oxygens (including phenoxy) is 1. The molecule has 0 aromatic heterocycles. The van der Waals surface area contributed by atoms with E-state index < -0.39 is 23.5 Å². The van der Waals surface area contributed by atoms with Crippen LogP contribution in [-0.2, 0) is 14.4 Å². The van der Waals surface area contributed by atoms with Gasteiger partial charge < -0.3 is 30.2 Å². The van der Waals surface area contributed by atoms with Crippen LogP contribution < -0.4 is 20.5 Å². The molecule has 0 unspecified atom stereocenters. The monoisotopic (exact) mass is 478 g/mol. The molecule has 2 aromatic carbocycles. The molecule has 9 heteroatoms. The fourth-order valence-electron chi connectivity index (χ4n) is 4.74. The van der Waals surface area contributed by atoms with Crippen LogP contribution in [0.25, 0.3) is 11.1 Å². The van der Waals surface area contributed by atoms with E-state index in [0.717, 1.165) is 16.9 Å². The standard InChI is InChI=1S/C26H29N3O6/c1-26(2,13-23(31)32)12-22(30)27-17-11-21-24(33)28-20-9-6-16(10-19(20)25(34)29(21)14-17)15-4-7-18(35-3)8-5-15/h4-10,17,21H,11-14H2,1-3H3,(H,27,30)(H,28,33)(H,31,32)/p-1/t17-,21-/m0/s1. The molecule has 0 bridgehead atoms. The first-order valence-electron chi connectivity index (χ1n) is 11.5. The van der Waals surface area contributed by atoms with Crippen molar-refractivity contribution in [2.45, 2.75) is 45.2 Å². The van der Waals surface area contributed by atoms with Gasteiger partial charge in [0.15, 0.2) is 0 Å². The quantitative estimate of drug-likeness (QED) is 0.622. The van der Waals surface area contributed by atoms with Crippen LogP contribution in [0, 0.1) is 5.41 Å². The van der Waals surface area contributed by atoms with Gasteiger partial charge in [-0.15, -0.1) is 0 Å². The molecule has 3 amide bonds. The minimum atomic E-state index is -1.22. The van der Waals surface area contributed by atoms with Crippen LogP contribution in [0.4, 0.5) is 5.69 Å². The van der Waals surface area contributed by atoms with Gasteiger partial charge >= 0.3 is 0 Å². The van der Waals surface area contributed by atoms with Gasteiger partial charge in [0.05, 0.1) is 18.4 Å². The Morgan fingerprint density at radius 1 is 1.11 bits per heavy atom. The predicted octanol–water partition coefficient (Wildman–Crippen LogP) is 1.57. The van der Waals surface area contributed by atoms with Gasteiger partial charge in [0.2, 0.25) is 11.8 Å². The topological polar surface area (TPSA) is 128 Å². The van der Waals surface area contributed by atoms with Crippen LogP contribution in [0.2, 0.25) is 0 Å². The molecule has 2 heterocycles. The summed E-state index contributed by atoms with van der Waals surface area (Å²) in [7, 11) is 1.59. The van der Waals surface area contributed by atoms with Crippen LogP contribution in [0.1, 0.15) is 43.5 Å². The number of hydrogen-bond donors (Lipinski definition) is 2. The van der Waals surface area contributed by atoms with E-state index in [4.69, 9.17) is 4.74 Å². The fraction of sp³-hybridized carbons (Fsp3) is 0.385. The molecule has 0 saturated carbocycles. The summed E-state index contributed by atoms with van der Waals surface area (Å²) in [6.45, 7) is 3.55. The summed E-state index contributed by atoms with van der Waals surface area (Å²) in [5, 5.41) is 16.6. The highest BCUT2D eigenvalue weighted by molar-refractivity contribution is 6.10. The summed E-state index contributed by atoms with van der Waals surface area (Å²) in [5.41, 5.74) is 1.80. The zero-order valence-corrected chi connectivity index (χ0v) is 19.9. The number of rotatable bonds is 7. The average Bonchev–Trinajstić information content (AvgIpc) is 3.17. The average molecular weight is 479 g/mol. The maximum atomic E-state index is 13.5. The third-order valence-electron chi connectivity index (χ3n) is 6.42. The second-order valence-electron chi connectivity index (χ2n) is 9.84. The van der Waals surface area contributed by atoms with Crippen LogP contribution in [0.15, 0.2) is 42.5 Å². The second kappa shape index (κ2) is 9.40. The van der Waals surface area contributed by atoms with E-state index >= 15 is 0 Å². The number of carbonyl (C=O) groups excluding carboxylic acids is 4. The number of fused-ring (bicyclic) bond motifs is 2. The number of nitrogens with one attached hydrogen (secondary N) is 2. The molecule has 2 N–H and O–H groups in total. The van der Waals surface area contributed by atoms with Gasteiger partial charge in [0, 0.05) is 25.0 Å². The molecule has 4 rings (SSSR count). The highest BCUT2D eigenvalue weighted by Crippen LogP contribution is 2.33. The second-order valence-corrected chi connectivity index (χ2v) is 9.84. The Labute approximate surface area is 203 Å². The van der Waals surface area contributed by atoms with Crippen molar-refractivity contribution in [3.8, 4) is 16.9 Å². The summed E-state index contributed by atoms with van der Waals surface area (Å²) in [5.74, 6) is -1.40. The van der Waals surface area contributed by atoms with Crippen LogP contribution >= 0.6 is 0 Å². The number of amides is 3. The van der Waals surface area contributed by atoms with Crippen LogP contribution in [-0.4, -0.2) is 54.3 Å². The Bertz CT molecular complexity index is 1170. The summed E-state index contributed by atoms with van der Waals surface area (Å²) in [4.78, 5) is 51.3. The smallest absolute Gasteiger partial charge is 0.256 e. The number of carbonyl (C=O) groups is 4. The molecule has 2 aliphatic heterocycles. The highest BCUT2D eigenvalue weighted by atomic mass is 16.5. The van der Waals surface area contributed by atoms with Crippen molar-refractivity contribution in [1.29, 1.82) is 0 Å². The summed E-state index contributed by atoms with van der Waals surface area (Å²) < 4.78 is 5.20. The summed E-state index contributed by atoms with van der Waals surface area (Å²) >= 11 is 0. The number of aliphatic carboxylic acids is 1. The van der Waals surface area contributed by atoms with E-state index in [0.29, 0.717) is 11.3 Å².